The van der Waals surface area contributed by atoms with Crippen molar-refractivity contribution in [3.63, 3.8) is 0 Å². The number of ketones is 1. The summed E-state index contributed by atoms with van der Waals surface area (Å²) in [7, 11) is 0. The molecule has 0 saturated carbocycles. The Morgan fingerprint density at radius 2 is 1.73 bits per heavy atom. The summed E-state index contributed by atoms with van der Waals surface area (Å²) < 4.78 is 5.37. The molecule has 3 aliphatic heterocycles. The number of imide groups is 1. The lowest BCUT2D eigenvalue weighted by Crippen LogP contribution is -2.44. The first-order valence-electron chi connectivity index (χ1n) is 10.4. The number of hydrogen-bond acceptors (Lipinski definition) is 5. The summed E-state index contributed by atoms with van der Waals surface area (Å²) in [6.45, 7) is 0. The molecule has 3 aliphatic rings. The average molecular weight is 479 g/mol. The number of anilines is 1. The molecule has 8 heteroatoms. The van der Waals surface area contributed by atoms with Gasteiger partial charge in [-0.2, -0.15) is 0 Å². The first-order valence-corrected chi connectivity index (χ1v) is 11.2. The molecule has 1 aromatic heterocycles. The van der Waals surface area contributed by atoms with Crippen LogP contribution in [-0.2, 0) is 9.59 Å². The normalized spacial score (nSPS) is 25.3. The van der Waals surface area contributed by atoms with E-state index in [1.165, 1.54) is 12.3 Å². The Morgan fingerprint density at radius 3 is 2.48 bits per heavy atom. The van der Waals surface area contributed by atoms with E-state index >= 15 is 0 Å². The number of hydrogen-bond donors (Lipinski definition) is 0. The molecule has 0 spiro atoms. The zero-order valence-electron chi connectivity index (χ0n) is 17.0. The van der Waals surface area contributed by atoms with Gasteiger partial charge in [0, 0.05) is 11.2 Å². The van der Waals surface area contributed by atoms with Gasteiger partial charge in [0.25, 0.3) is 0 Å². The molecule has 0 N–H and O–H groups in total. The Morgan fingerprint density at radius 1 is 0.939 bits per heavy atom. The Bertz CT molecular complexity index is 1350. The lowest BCUT2D eigenvalue weighted by Gasteiger charge is -2.35. The number of Topliss-reactive ketones (excluding diaryl/α,β-unsaturated/α-hetero) is 1. The van der Waals surface area contributed by atoms with Crippen molar-refractivity contribution in [1.82, 2.24) is 4.90 Å². The van der Waals surface area contributed by atoms with E-state index in [-0.39, 0.29) is 28.2 Å². The number of benzene rings is 2. The monoisotopic (exact) mass is 478 g/mol. The second-order valence-electron chi connectivity index (χ2n) is 8.28. The number of furan rings is 1. The van der Waals surface area contributed by atoms with Crippen molar-refractivity contribution in [2.75, 3.05) is 4.90 Å². The van der Waals surface area contributed by atoms with Gasteiger partial charge in [-0.05, 0) is 47.5 Å². The highest BCUT2D eigenvalue weighted by Crippen LogP contribution is 2.54. The van der Waals surface area contributed by atoms with Crippen LogP contribution in [-0.4, -0.2) is 28.5 Å². The molecule has 33 heavy (non-hydrogen) atoms. The van der Waals surface area contributed by atoms with Gasteiger partial charge >= 0.3 is 0 Å². The van der Waals surface area contributed by atoms with Crippen LogP contribution in [0.2, 0.25) is 10.0 Å². The minimum atomic E-state index is -0.886. The first-order chi connectivity index (χ1) is 16.0. The molecule has 4 atom stereocenters. The molecule has 1 unspecified atom stereocenters. The molecule has 4 heterocycles. The van der Waals surface area contributed by atoms with E-state index in [0.29, 0.717) is 5.02 Å². The summed E-state index contributed by atoms with van der Waals surface area (Å²) in [5.41, 5.74) is 2.11. The molecule has 2 aromatic carbocycles. The fourth-order valence-corrected chi connectivity index (χ4v) is 5.81. The van der Waals surface area contributed by atoms with Crippen LogP contribution in [0.15, 0.2) is 71.5 Å². The summed E-state index contributed by atoms with van der Waals surface area (Å²) in [6.07, 6.45) is 5.12. The van der Waals surface area contributed by atoms with Gasteiger partial charge in [-0.25, -0.2) is 4.90 Å². The number of carbonyl (C=O) groups excluding carboxylic acids is 3. The Balaban J connectivity index is 1.51. The number of carbonyl (C=O) groups is 3. The number of halogens is 2. The largest absolute Gasteiger partial charge is 0.461 e. The highest BCUT2D eigenvalue weighted by Gasteiger charge is 2.65. The van der Waals surface area contributed by atoms with Crippen LogP contribution in [0, 0.1) is 11.8 Å². The van der Waals surface area contributed by atoms with E-state index in [0.717, 1.165) is 16.0 Å². The van der Waals surface area contributed by atoms with Crippen LogP contribution >= 0.6 is 23.2 Å². The van der Waals surface area contributed by atoms with Gasteiger partial charge in [0.05, 0.1) is 34.9 Å². The third-order valence-corrected chi connectivity index (χ3v) is 7.18. The average Bonchev–Trinajstić information content (AvgIpc) is 3.51. The van der Waals surface area contributed by atoms with Gasteiger partial charge in [0.15, 0.2) is 5.76 Å². The third kappa shape index (κ3) is 2.84. The van der Waals surface area contributed by atoms with Crippen LogP contribution < -0.4 is 4.90 Å². The van der Waals surface area contributed by atoms with E-state index < -0.39 is 29.8 Å². The summed E-state index contributed by atoms with van der Waals surface area (Å²) in [6, 6.07) is 14.2. The standard InChI is InChI=1S/C25H16Cl2N2O4/c26-14-7-8-17(16(27)12-14)29-24(31)19-20(25(29)32)22(23(30)18-6-3-11-33-18)28-10-9-13-4-1-2-5-15(13)21(19)28/h1-12,19-22H/t19-,20+,21?,22-/m0/s1. The third-order valence-electron chi connectivity index (χ3n) is 6.64. The molecule has 6 nitrogen and oxygen atoms in total. The van der Waals surface area contributed by atoms with E-state index in [1.54, 1.807) is 30.5 Å². The van der Waals surface area contributed by atoms with Gasteiger partial charge in [0.1, 0.15) is 6.04 Å². The van der Waals surface area contributed by atoms with Crippen LogP contribution in [0.25, 0.3) is 6.08 Å². The van der Waals surface area contributed by atoms with Crippen molar-refractivity contribution in [3.8, 4) is 0 Å². The fraction of sp³-hybridized carbons (Fsp3) is 0.160. The van der Waals surface area contributed by atoms with Crippen molar-refractivity contribution in [1.29, 1.82) is 0 Å². The van der Waals surface area contributed by atoms with E-state index in [2.05, 4.69) is 0 Å². The lowest BCUT2D eigenvalue weighted by molar-refractivity contribution is -0.123. The van der Waals surface area contributed by atoms with Gasteiger partial charge in [-0.15, -0.1) is 0 Å². The maximum atomic E-state index is 13.8. The van der Waals surface area contributed by atoms with Crippen molar-refractivity contribution in [2.24, 2.45) is 11.8 Å². The molecular weight excluding hydrogens is 463 g/mol. The van der Waals surface area contributed by atoms with Crippen molar-refractivity contribution >= 4 is 52.6 Å². The zero-order valence-corrected chi connectivity index (χ0v) is 18.5. The minimum absolute atomic E-state index is 0.148. The van der Waals surface area contributed by atoms with Crippen LogP contribution in [0.5, 0.6) is 0 Å². The van der Waals surface area contributed by atoms with E-state index in [9.17, 15) is 14.4 Å². The predicted molar refractivity (Wildman–Crippen MR) is 123 cm³/mol. The maximum absolute atomic E-state index is 13.8. The smallest absolute Gasteiger partial charge is 0.240 e. The molecule has 2 amide bonds. The number of rotatable bonds is 3. The SMILES string of the molecule is O=C(c1ccco1)[C@@H]1[C@@H]2C(=O)N(c3ccc(Cl)cc3Cl)C(=O)[C@@H]2C2c3ccccc3C=CN21. The molecule has 0 radical (unpaired) electrons. The second-order valence-corrected chi connectivity index (χ2v) is 9.13. The van der Waals surface area contributed by atoms with Gasteiger partial charge in [0.2, 0.25) is 17.6 Å². The molecule has 6 rings (SSSR count). The van der Waals surface area contributed by atoms with Gasteiger partial charge < -0.3 is 9.32 Å². The van der Waals surface area contributed by atoms with E-state index in [1.807, 2.05) is 35.2 Å². The zero-order chi connectivity index (χ0) is 22.9. The maximum Gasteiger partial charge on any atom is 0.240 e. The van der Waals surface area contributed by atoms with Crippen LogP contribution in [0.4, 0.5) is 5.69 Å². The summed E-state index contributed by atoms with van der Waals surface area (Å²) in [5, 5.41) is 0.588. The molecule has 2 fully saturated rings. The fourth-order valence-electron chi connectivity index (χ4n) is 5.32. The predicted octanol–water partition coefficient (Wildman–Crippen LogP) is 4.98. The molecule has 3 aromatic rings. The minimum Gasteiger partial charge on any atom is -0.461 e. The summed E-state index contributed by atoms with van der Waals surface area (Å²) in [5.74, 6) is -2.67. The summed E-state index contributed by atoms with van der Waals surface area (Å²) in [4.78, 5) is 44.0. The molecule has 2 saturated heterocycles. The van der Waals surface area contributed by atoms with Gasteiger partial charge in [-0.3, -0.25) is 14.4 Å². The molecule has 164 valence electrons. The van der Waals surface area contributed by atoms with Crippen LogP contribution in [0.3, 0.4) is 0 Å². The highest BCUT2D eigenvalue weighted by atomic mass is 35.5. The Kier molecular flexibility index (Phi) is 4.50. The molecule has 0 bridgehead atoms. The highest BCUT2D eigenvalue weighted by molar-refractivity contribution is 6.38. The van der Waals surface area contributed by atoms with Crippen molar-refractivity contribution < 1.29 is 18.8 Å². The summed E-state index contributed by atoms with van der Waals surface area (Å²) >= 11 is 12.4. The number of nitrogens with zero attached hydrogens (tertiary/aromatic N) is 2. The Labute approximate surface area is 199 Å². The quantitative estimate of drug-likeness (QED) is 0.391. The van der Waals surface area contributed by atoms with Crippen molar-refractivity contribution in [2.45, 2.75) is 12.1 Å². The number of amides is 2. The first kappa shape index (κ1) is 20.3. The second kappa shape index (κ2) is 7.33. The molecule has 0 aliphatic carbocycles. The molecular formula is C25H16Cl2N2O4. The lowest BCUT2D eigenvalue weighted by atomic mass is 9.84. The van der Waals surface area contributed by atoms with Crippen LogP contribution in [0.1, 0.15) is 27.7 Å². The Hall–Kier alpha value is -3.35. The van der Waals surface area contributed by atoms with E-state index in [4.69, 9.17) is 27.6 Å². The number of fused-ring (bicyclic) bond motifs is 5. The van der Waals surface area contributed by atoms with Gasteiger partial charge in [-0.1, -0.05) is 47.5 Å². The van der Waals surface area contributed by atoms with Crippen molar-refractivity contribution in [3.05, 3.63) is 94.0 Å². The topological polar surface area (TPSA) is 70.8 Å².